The molecule has 0 bridgehead atoms. The molecular formula is C7H10NNaO6. The molecule has 0 aliphatic carbocycles. The Morgan fingerprint density at radius 2 is 1.60 bits per heavy atom. The van der Waals surface area contributed by atoms with Crippen molar-refractivity contribution < 1.29 is 60.7 Å². The van der Waals surface area contributed by atoms with Gasteiger partial charge in [0.05, 0.1) is 5.92 Å². The van der Waals surface area contributed by atoms with Gasteiger partial charge in [-0.3, -0.25) is 19.7 Å². The van der Waals surface area contributed by atoms with Crippen molar-refractivity contribution in [3.05, 3.63) is 0 Å². The summed E-state index contributed by atoms with van der Waals surface area (Å²) in [4.78, 5) is 31.6. The molecule has 0 aromatic rings. The second kappa shape index (κ2) is 5.45. The number of carboxylic acids is 3. The third kappa shape index (κ3) is 3.16. The first-order valence-corrected chi connectivity index (χ1v) is 3.88. The zero-order valence-corrected chi connectivity index (χ0v) is 10.0. The minimum atomic E-state index is -1.35. The van der Waals surface area contributed by atoms with Gasteiger partial charge in [-0.25, -0.2) is 0 Å². The van der Waals surface area contributed by atoms with E-state index in [0.717, 1.165) is 0 Å². The molecule has 8 heteroatoms. The van der Waals surface area contributed by atoms with E-state index in [0.29, 0.717) is 0 Å². The fourth-order valence-corrected chi connectivity index (χ4v) is 1.45. The molecule has 7 nitrogen and oxygen atoms in total. The molecule has 80 valence electrons. The first-order chi connectivity index (χ1) is 6.43. The predicted octanol–water partition coefficient (Wildman–Crippen LogP) is -4.30. The Labute approximate surface area is 108 Å². The maximum Gasteiger partial charge on any atom is 1.00 e. The van der Waals surface area contributed by atoms with E-state index in [1.807, 2.05) is 0 Å². The van der Waals surface area contributed by atoms with Gasteiger partial charge in [-0.05, 0) is 6.42 Å². The molecular weight excluding hydrogens is 217 g/mol. The smallest absolute Gasteiger partial charge is 1.00 e. The zero-order chi connectivity index (χ0) is 10.9. The van der Waals surface area contributed by atoms with Crippen LogP contribution in [-0.4, -0.2) is 45.3 Å². The Balaban J connectivity index is 0. The second-order valence-corrected chi connectivity index (χ2v) is 3.05. The van der Waals surface area contributed by atoms with Crippen LogP contribution < -0.4 is 34.9 Å². The third-order valence-electron chi connectivity index (χ3n) is 2.15. The summed E-state index contributed by atoms with van der Waals surface area (Å²) in [6, 6.07) is -2.43. The molecule has 0 radical (unpaired) electrons. The van der Waals surface area contributed by atoms with Gasteiger partial charge < -0.3 is 16.7 Å². The van der Waals surface area contributed by atoms with Crippen molar-refractivity contribution in [3.8, 4) is 0 Å². The number of rotatable bonds is 3. The van der Waals surface area contributed by atoms with Crippen molar-refractivity contribution in [1.82, 2.24) is 5.32 Å². The molecule has 0 saturated carbocycles. The van der Waals surface area contributed by atoms with E-state index < -0.39 is 35.9 Å². The number of carbonyl (C=O) groups is 3. The van der Waals surface area contributed by atoms with Crippen LogP contribution in [-0.2, 0) is 14.4 Å². The summed E-state index contributed by atoms with van der Waals surface area (Å²) in [7, 11) is 0. The SMILES string of the molecule is O=C(O)C1CC(C(=O)O)C(C(=O)O)N1.[H-].[Na+]. The number of hydrogen-bond acceptors (Lipinski definition) is 4. The van der Waals surface area contributed by atoms with Crippen LogP contribution >= 0.6 is 0 Å². The molecule has 1 rings (SSSR count). The number of hydrogen-bond donors (Lipinski definition) is 4. The Hall–Kier alpha value is -0.630. The summed E-state index contributed by atoms with van der Waals surface area (Å²) in [5.41, 5.74) is 0. The van der Waals surface area contributed by atoms with E-state index in [4.69, 9.17) is 15.3 Å². The molecule has 0 aromatic heterocycles. The van der Waals surface area contributed by atoms with Gasteiger partial charge in [-0.1, -0.05) is 0 Å². The van der Waals surface area contributed by atoms with Crippen molar-refractivity contribution in [1.29, 1.82) is 0 Å². The molecule has 0 spiro atoms. The van der Waals surface area contributed by atoms with E-state index in [1.165, 1.54) is 0 Å². The normalized spacial score (nSPS) is 29.2. The molecule has 4 N–H and O–H groups in total. The summed E-state index contributed by atoms with van der Waals surface area (Å²) >= 11 is 0. The molecule has 0 aromatic carbocycles. The largest absolute Gasteiger partial charge is 1.00 e. The molecule has 0 amide bonds. The van der Waals surface area contributed by atoms with E-state index >= 15 is 0 Å². The Morgan fingerprint density at radius 3 is 1.87 bits per heavy atom. The monoisotopic (exact) mass is 227 g/mol. The molecule has 1 fully saturated rings. The summed E-state index contributed by atoms with van der Waals surface area (Å²) in [5, 5.41) is 28.1. The van der Waals surface area contributed by atoms with Gasteiger partial charge in [0, 0.05) is 0 Å². The van der Waals surface area contributed by atoms with Gasteiger partial charge in [0.1, 0.15) is 12.1 Å². The summed E-state index contributed by atoms with van der Waals surface area (Å²) in [5.74, 6) is -5.07. The topological polar surface area (TPSA) is 124 Å². The quantitative estimate of drug-likeness (QED) is 0.359. The van der Waals surface area contributed by atoms with Gasteiger partial charge in [-0.15, -0.1) is 0 Å². The zero-order valence-electron chi connectivity index (χ0n) is 9.01. The fraction of sp³-hybridized carbons (Fsp3) is 0.571. The van der Waals surface area contributed by atoms with E-state index in [1.54, 1.807) is 0 Å². The van der Waals surface area contributed by atoms with Crippen LogP contribution in [0.2, 0.25) is 0 Å². The Kier molecular flexibility index (Phi) is 5.22. The van der Waals surface area contributed by atoms with Crippen LogP contribution in [0.3, 0.4) is 0 Å². The number of nitrogens with one attached hydrogen (secondary N) is 1. The summed E-state index contributed by atoms with van der Waals surface area (Å²) in [6.07, 6.45) is -0.207. The number of carboxylic acid groups (broad SMARTS) is 3. The average molecular weight is 227 g/mol. The minimum absolute atomic E-state index is 0. The van der Waals surface area contributed by atoms with E-state index in [2.05, 4.69) is 5.32 Å². The standard InChI is InChI=1S/C7H9NO6.Na.H/c9-5(10)2-1-3(6(11)12)8-4(2)7(13)14;;/h2-4,8H,1H2,(H,9,10)(H,11,12)(H,13,14);;/q;+1;-1. The van der Waals surface area contributed by atoms with Crippen molar-refractivity contribution in [2.45, 2.75) is 18.5 Å². The van der Waals surface area contributed by atoms with Crippen molar-refractivity contribution in [2.24, 2.45) is 5.92 Å². The van der Waals surface area contributed by atoms with Crippen molar-refractivity contribution >= 4 is 17.9 Å². The molecule has 1 aliphatic heterocycles. The first-order valence-electron chi connectivity index (χ1n) is 3.88. The van der Waals surface area contributed by atoms with Gasteiger partial charge >= 0.3 is 47.5 Å². The predicted molar refractivity (Wildman–Crippen MR) is 42.8 cm³/mol. The number of aliphatic carboxylic acids is 3. The van der Waals surface area contributed by atoms with E-state index in [-0.39, 0.29) is 37.4 Å². The maximum atomic E-state index is 10.6. The molecule has 3 atom stereocenters. The third-order valence-corrected chi connectivity index (χ3v) is 2.15. The van der Waals surface area contributed by atoms with Crippen molar-refractivity contribution in [2.75, 3.05) is 0 Å². The molecule has 1 aliphatic rings. The second-order valence-electron chi connectivity index (χ2n) is 3.05. The summed E-state index contributed by atoms with van der Waals surface area (Å²) in [6.45, 7) is 0. The van der Waals surface area contributed by atoms with Crippen LogP contribution in [0.4, 0.5) is 0 Å². The van der Waals surface area contributed by atoms with Crippen LogP contribution in [0, 0.1) is 5.92 Å². The van der Waals surface area contributed by atoms with Gasteiger partial charge in [0.2, 0.25) is 0 Å². The molecule has 1 heterocycles. The van der Waals surface area contributed by atoms with Crippen LogP contribution in [0.15, 0.2) is 0 Å². The Bertz CT molecular complexity index is 277. The van der Waals surface area contributed by atoms with Crippen LogP contribution in [0.5, 0.6) is 0 Å². The summed E-state index contributed by atoms with van der Waals surface area (Å²) < 4.78 is 0. The van der Waals surface area contributed by atoms with Crippen LogP contribution in [0.25, 0.3) is 0 Å². The maximum absolute atomic E-state index is 10.6. The minimum Gasteiger partial charge on any atom is -1.00 e. The van der Waals surface area contributed by atoms with Gasteiger partial charge in [-0.2, -0.15) is 0 Å². The van der Waals surface area contributed by atoms with Gasteiger partial charge in [0.15, 0.2) is 0 Å². The van der Waals surface area contributed by atoms with Crippen LogP contribution in [0.1, 0.15) is 7.85 Å². The molecule has 15 heavy (non-hydrogen) atoms. The van der Waals surface area contributed by atoms with Crippen molar-refractivity contribution in [3.63, 3.8) is 0 Å². The first kappa shape index (κ1) is 14.4. The Morgan fingerprint density at radius 1 is 1.07 bits per heavy atom. The van der Waals surface area contributed by atoms with E-state index in [9.17, 15) is 14.4 Å². The average Bonchev–Trinajstić information content (AvgIpc) is 2.47. The molecule has 3 unspecified atom stereocenters. The fourth-order valence-electron chi connectivity index (χ4n) is 1.45. The molecule has 1 saturated heterocycles. The van der Waals surface area contributed by atoms with Gasteiger partial charge in [0.25, 0.3) is 0 Å².